The van der Waals surface area contributed by atoms with Crippen LogP contribution in [0.1, 0.15) is 33.7 Å². The van der Waals surface area contributed by atoms with Crippen molar-refractivity contribution in [2.75, 3.05) is 5.75 Å². The van der Waals surface area contributed by atoms with Gasteiger partial charge in [-0.15, -0.1) is 5.10 Å². The van der Waals surface area contributed by atoms with E-state index in [4.69, 9.17) is 0 Å². The van der Waals surface area contributed by atoms with Gasteiger partial charge in [0.25, 0.3) is 0 Å². The Hall–Kier alpha value is -0.750. The summed E-state index contributed by atoms with van der Waals surface area (Å²) in [6.45, 7) is 7.30. The van der Waals surface area contributed by atoms with Crippen LogP contribution < -0.4 is 5.69 Å². The first-order valence-corrected chi connectivity index (χ1v) is 5.82. The minimum Gasteiger partial charge on any atom is -0.390 e. The lowest BCUT2D eigenvalue weighted by Crippen LogP contribution is -2.23. The molecule has 0 aliphatic rings. The van der Waals surface area contributed by atoms with Crippen LogP contribution in [0.2, 0.25) is 0 Å². The minimum atomic E-state index is -0.762. The zero-order valence-electron chi connectivity index (χ0n) is 9.44. The molecular formula is C9H17N3O2S. The average molecular weight is 231 g/mol. The van der Waals surface area contributed by atoms with E-state index >= 15 is 0 Å². The second kappa shape index (κ2) is 4.40. The van der Waals surface area contributed by atoms with Gasteiger partial charge in [-0.2, -0.15) is 0 Å². The molecule has 1 rings (SSSR count). The summed E-state index contributed by atoms with van der Waals surface area (Å²) in [7, 11) is 0. The van der Waals surface area contributed by atoms with E-state index in [0.717, 1.165) is 0 Å². The van der Waals surface area contributed by atoms with Crippen LogP contribution in [0.5, 0.6) is 0 Å². The first-order valence-electron chi connectivity index (χ1n) is 4.83. The van der Waals surface area contributed by atoms with Crippen LogP contribution in [0.4, 0.5) is 0 Å². The molecule has 2 N–H and O–H groups in total. The molecule has 0 aliphatic heterocycles. The maximum atomic E-state index is 11.4. The van der Waals surface area contributed by atoms with Gasteiger partial charge in [0.15, 0.2) is 5.16 Å². The van der Waals surface area contributed by atoms with Crippen molar-refractivity contribution < 1.29 is 5.11 Å². The molecule has 0 amide bonds. The number of nitrogens with zero attached hydrogens (tertiary/aromatic N) is 2. The van der Waals surface area contributed by atoms with Gasteiger partial charge in [-0.3, -0.25) is 4.57 Å². The van der Waals surface area contributed by atoms with E-state index in [1.807, 2.05) is 13.8 Å². The molecule has 86 valence electrons. The number of H-pyrrole nitrogens is 1. The van der Waals surface area contributed by atoms with Gasteiger partial charge >= 0.3 is 5.69 Å². The van der Waals surface area contributed by atoms with Crippen molar-refractivity contribution in [3.8, 4) is 0 Å². The Balaban J connectivity index is 2.82. The summed E-state index contributed by atoms with van der Waals surface area (Å²) in [5.41, 5.74) is -0.968. The zero-order valence-corrected chi connectivity index (χ0v) is 10.3. The third-order valence-corrected chi connectivity index (χ3v) is 3.14. The van der Waals surface area contributed by atoms with Gasteiger partial charge in [-0.25, -0.2) is 9.89 Å². The molecule has 0 aromatic carbocycles. The Morgan fingerprint density at radius 3 is 2.67 bits per heavy atom. The highest BCUT2D eigenvalue weighted by molar-refractivity contribution is 7.99. The van der Waals surface area contributed by atoms with Crippen LogP contribution in [-0.2, 0) is 0 Å². The molecule has 0 spiro atoms. The molecule has 1 aromatic rings. The smallest absolute Gasteiger partial charge is 0.344 e. The van der Waals surface area contributed by atoms with E-state index in [0.29, 0.717) is 10.9 Å². The lowest BCUT2D eigenvalue weighted by molar-refractivity contribution is 0.107. The molecule has 0 saturated carbocycles. The average Bonchev–Trinajstić information content (AvgIpc) is 2.42. The van der Waals surface area contributed by atoms with Gasteiger partial charge in [0.05, 0.1) is 5.60 Å². The van der Waals surface area contributed by atoms with Gasteiger partial charge in [-0.05, 0) is 27.7 Å². The summed E-state index contributed by atoms with van der Waals surface area (Å²) in [4.78, 5) is 11.4. The van der Waals surface area contributed by atoms with Gasteiger partial charge in [0.2, 0.25) is 0 Å². The highest BCUT2D eigenvalue weighted by Gasteiger charge is 2.17. The maximum Gasteiger partial charge on any atom is 0.344 e. The number of rotatable bonds is 4. The van der Waals surface area contributed by atoms with E-state index in [-0.39, 0.29) is 11.7 Å². The molecule has 1 aromatic heterocycles. The quantitative estimate of drug-likeness (QED) is 0.759. The van der Waals surface area contributed by atoms with Gasteiger partial charge in [-0.1, -0.05) is 11.8 Å². The fourth-order valence-electron chi connectivity index (χ4n) is 1.09. The SMILES string of the molecule is CC(C)n1c(SCC(C)(C)O)n[nH]c1=O. The molecule has 0 atom stereocenters. The number of aliphatic hydroxyl groups is 1. The van der Waals surface area contributed by atoms with E-state index < -0.39 is 5.60 Å². The predicted molar refractivity (Wildman–Crippen MR) is 60.3 cm³/mol. The van der Waals surface area contributed by atoms with Crippen LogP contribution in [0, 0.1) is 0 Å². The lowest BCUT2D eigenvalue weighted by Gasteiger charge is -2.16. The highest BCUT2D eigenvalue weighted by Crippen LogP contribution is 2.21. The molecule has 0 fully saturated rings. The summed E-state index contributed by atoms with van der Waals surface area (Å²) in [5, 5.41) is 16.5. The molecule has 15 heavy (non-hydrogen) atoms. The van der Waals surface area contributed by atoms with Crippen molar-refractivity contribution in [3.05, 3.63) is 10.5 Å². The molecule has 1 heterocycles. The Kier molecular flexibility index (Phi) is 3.62. The standard InChI is InChI=1S/C9H17N3O2S/c1-6(2)12-7(13)10-11-8(12)15-5-9(3,4)14/h6,14H,5H2,1-4H3,(H,10,13). The Labute approximate surface area is 92.9 Å². The number of aromatic nitrogens is 3. The van der Waals surface area contributed by atoms with Crippen LogP contribution in [-0.4, -0.2) is 31.2 Å². The lowest BCUT2D eigenvalue weighted by atomic mass is 10.2. The van der Waals surface area contributed by atoms with Gasteiger partial charge in [0.1, 0.15) is 0 Å². The second-order valence-electron chi connectivity index (χ2n) is 4.38. The number of thioether (sulfide) groups is 1. The minimum absolute atomic E-state index is 0.0700. The first-order chi connectivity index (χ1) is 6.81. The van der Waals surface area contributed by atoms with Crippen molar-refractivity contribution >= 4 is 11.8 Å². The van der Waals surface area contributed by atoms with Gasteiger partial charge < -0.3 is 5.11 Å². The molecule has 5 nitrogen and oxygen atoms in total. The Morgan fingerprint density at radius 1 is 1.60 bits per heavy atom. The first kappa shape index (κ1) is 12.3. The normalized spacial score (nSPS) is 12.4. The summed E-state index contributed by atoms with van der Waals surface area (Å²) in [6.07, 6.45) is 0. The second-order valence-corrected chi connectivity index (χ2v) is 5.32. The van der Waals surface area contributed by atoms with E-state index in [2.05, 4.69) is 10.2 Å². The van der Waals surface area contributed by atoms with Crippen molar-refractivity contribution in [2.45, 2.75) is 44.5 Å². The zero-order chi connectivity index (χ0) is 11.6. The largest absolute Gasteiger partial charge is 0.390 e. The van der Waals surface area contributed by atoms with Crippen molar-refractivity contribution in [2.24, 2.45) is 0 Å². The van der Waals surface area contributed by atoms with Crippen LogP contribution in [0.25, 0.3) is 0 Å². The third kappa shape index (κ3) is 3.39. The van der Waals surface area contributed by atoms with E-state index in [9.17, 15) is 9.90 Å². The predicted octanol–water partition coefficient (Wildman–Crippen LogP) is 1.02. The number of aromatic amines is 1. The fraction of sp³-hybridized carbons (Fsp3) is 0.778. The molecular weight excluding hydrogens is 214 g/mol. The molecule has 0 unspecified atom stereocenters. The van der Waals surface area contributed by atoms with E-state index in [1.54, 1.807) is 18.4 Å². The molecule has 0 bridgehead atoms. The van der Waals surface area contributed by atoms with E-state index in [1.165, 1.54) is 11.8 Å². The van der Waals surface area contributed by atoms with Gasteiger partial charge in [0, 0.05) is 11.8 Å². The summed E-state index contributed by atoms with van der Waals surface area (Å²) in [5.74, 6) is 0.504. The number of nitrogens with one attached hydrogen (secondary N) is 1. The highest BCUT2D eigenvalue weighted by atomic mass is 32.2. The van der Waals surface area contributed by atoms with Crippen LogP contribution >= 0.6 is 11.8 Å². The van der Waals surface area contributed by atoms with Crippen LogP contribution in [0.15, 0.2) is 9.95 Å². The molecule has 0 radical (unpaired) electrons. The Bertz CT molecular complexity index is 375. The summed E-state index contributed by atoms with van der Waals surface area (Å²) < 4.78 is 1.58. The molecule has 0 saturated heterocycles. The van der Waals surface area contributed by atoms with Crippen molar-refractivity contribution in [3.63, 3.8) is 0 Å². The van der Waals surface area contributed by atoms with Crippen molar-refractivity contribution in [1.29, 1.82) is 0 Å². The Morgan fingerprint density at radius 2 is 2.20 bits per heavy atom. The monoisotopic (exact) mass is 231 g/mol. The molecule has 0 aliphatic carbocycles. The molecule has 6 heteroatoms. The number of hydrogen-bond donors (Lipinski definition) is 2. The summed E-state index contributed by atoms with van der Waals surface area (Å²) >= 11 is 1.37. The third-order valence-electron chi connectivity index (χ3n) is 1.74. The summed E-state index contributed by atoms with van der Waals surface area (Å²) in [6, 6.07) is 0.0700. The van der Waals surface area contributed by atoms with Crippen molar-refractivity contribution in [1.82, 2.24) is 14.8 Å². The maximum absolute atomic E-state index is 11.4. The van der Waals surface area contributed by atoms with Crippen LogP contribution in [0.3, 0.4) is 0 Å². The fourth-order valence-corrected chi connectivity index (χ4v) is 2.11. The number of hydrogen-bond acceptors (Lipinski definition) is 4. The topological polar surface area (TPSA) is 70.9 Å².